The topological polar surface area (TPSA) is 286 Å². The number of nitrogens with zero attached hydrogens (tertiary/aromatic N) is 8. The van der Waals surface area contributed by atoms with Gasteiger partial charge in [0, 0.05) is 57.3 Å². The van der Waals surface area contributed by atoms with E-state index in [1.165, 1.54) is 23.3 Å². The second-order valence-electron chi connectivity index (χ2n) is 19.7. The Hall–Kier alpha value is -6.73. The highest BCUT2D eigenvalue weighted by molar-refractivity contribution is 7.90. The number of pyridine rings is 2. The van der Waals surface area contributed by atoms with Crippen molar-refractivity contribution >= 4 is 42.8 Å². The average molecular weight is 1110 g/mol. The number of nitrogens with one attached hydrogen (secondary N) is 1. The summed E-state index contributed by atoms with van der Waals surface area (Å²) < 4.78 is 76.4. The number of hydrogen-bond acceptors (Lipinski definition) is 16. The van der Waals surface area contributed by atoms with E-state index in [9.17, 15) is 31.7 Å². The van der Waals surface area contributed by atoms with E-state index in [2.05, 4.69) is 31.0 Å². The molecule has 4 aromatic heterocycles. The number of ether oxygens (including phenoxy) is 4. The van der Waals surface area contributed by atoms with Crippen LogP contribution in [0.4, 0.5) is 0 Å². The van der Waals surface area contributed by atoms with Gasteiger partial charge in [-0.1, -0.05) is 24.3 Å². The minimum absolute atomic E-state index is 0.00289. The number of hydrogen-bond donors (Lipinski definition) is 2. The molecule has 6 aromatic rings. The van der Waals surface area contributed by atoms with E-state index in [4.69, 9.17) is 40.9 Å². The molecular formula is C54H59ClN10O10S2. The first kappa shape index (κ1) is 56.5. The standard InChI is InChI=1S/C27H29N5O5S.C17H13ClN2O.C10H17N3O4S/c1-17(2)32-24(27(36-3)15-37-16-27)13-26(30-32)38(34,35)31-25(33)12-23-21-6-4-5-18(21)7-8-22(23)19-9-10-29-20(11-19)14-28;18-17(21)9-16-14-3-1-2-11(14)4-5-15(16)12-6-7-20-13(8-12)10-19;1-7(2)13-8(10(16-3)5-17-6-10)4-9(12-13)18(11,14)15/h7-11,13,17H,4-6,12,15-16H2,1-3H3,(H,31,33);4-8H,1-3,9H2;4,7H,5-6H2,1-3H3,(H2,11,14,15). The maximum absolute atomic E-state index is 13.3. The second kappa shape index (κ2) is 23.1. The maximum Gasteiger partial charge on any atom is 0.283 e. The summed E-state index contributed by atoms with van der Waals surface area (Å²) in [5.41, 5.74) is 10.5. The molecule has 0 saturated carbocycles. The van der Waals surface area contributed by atoms with E-state index >= 15 is 0 Å². The van der Waals surface area contributed by atoms with Crippen LogP contribution in [0.5, 0.6) is 0 Å². The normalized spacial score (nSPS) is 15.8. The number of halogens is 1. The molecule has 0 unspecified atom stereocenters. The lowest BCUT2D eigenvalue weighted by molar-refractivity contribution is -0.206. The number of amides is 1. The number of nitrogens with two attached hydrogens (primary N) is 1. The molecule has 6 heterocycles. The predicted octanol–water partition coefficient (Wildman–Crippen LogP) is 6.21. The maximum atomic E-state index is 13.3. The molecule has 77 heavy (non-hydrogen) atoms. The summed E-state index contributed by atoms with van der Waals surface area (Å²) in [4.78, 5) is 32.7. The zero-order valence-electron chi connectivity index (χ0n) is 43.5. The monoisotopic (exact) mass is 1110 g/mol. The van der Waals surface area contributed by atoms with Gasteiger partial charge < -0.3 is 18.9 Å². The van der Waals surface area contributed by atoms with Gasteiger partial charge in [-0.3, -0.25) is 19.0 Å². The van der Waals surface area contributed by atoms with Crippen LogP contribution in [0, 0.1) is 22.7 Å². The van der Waals surface area contributed by atoms with Crippen molar-refractivity contribution in [3.8, 4) is 34.4 Å². The number of carbonyl (C=O) groups excluding carboxylic acids is 2. The zero-order valence-corrected chi connectivity index (χ0v) is 45.9. The number of benzene rings is 2. The van der Waals surface area contributed by atoms with Crippen LogP contribution in [-0.2, 0) is 98.3 Å². The minimum atomic E-state index is -4.25. The number of fused-ring (bicyclic) bond motifs is 2. The Morgan fingerprint density at radius 3 is 1.53 bits per heavy atom. The van der Waals surface area contributed by atoms with E-state index in [-0.39, 0.29) is 59.1 Å². The van der Waals surface area contributed by atoms with Crippen molar-refractivity contribution in [2.24, 2.45) is 5.14 Å². The lowest BCUT2D eigenvalue weighted by Gasteiger charge is -2.40. The van der Waals surface area contributed by atoms with E-state index in [0.717, 1.165) is 83.0 Å². The van der Waals surface area contributed by atoms with Gasteiger partial charge in [0.05, 0.1) is 44.2 Å². The highest BCUT2D eigenvalue weighted by atomic mass is 35.5. The molecule has 0 radical (unpaired) electrons. The fourth-order valence-corrected chi connectivity index (χ4v) is 11.6. The van der Waals surface area contributed by atoms with Gasteiger partial charge in [0.1, 0.15) is 23.5 Å². The van der Waals surface area contributed by atoms with Gasteiger partial charge in [0.25, 0.3) is 20.0 Å². The second-order valence-corrected chi connectivity index (χ2v) is 23.3. The van der Waals surface area contributed by atoms with Gasteiger partial charge in [-0.25, -0.2) is 28.2 Å². The lowest BCUT2D eigenvalue weighted by Crippen LogP contribution is -2.49. The Morgan fingerprint density at radius 1 is 0.701 bits per heavy atom. The molecule has 1 amide bonds. The van der Waals surface area contributed by atoms with Gasteiger partial charge in [0.2, 0.25) is 11.1 Å². The molecule has 23 heteroatoms. The largest absolute Gasteiger partial charge is 0.374 e. The molecule has 2 aromatic carbocycles. The number of sulfonamides is 2. The Morgan fingerprint density at radius 2 is 1.14 bits per heavy atom. The van der Waals surface area contributed by atoms with E-state index < -0.39 is 37.2 Å². The number of primary sulfonamides is 1. The van der Waals surface area contributed by atoms with Crippen LogP contribution >= 0.6 is 11.6 Å². The van der Waals surface area contributed by atoms with Gasteiger partial charge in [-0.2, -0.15) is 29.1 Å². The molecule has 0 atom stereocenters. The van der Waals surface area contributed by atoms with Crippen LogP contribution in [0.2, 0.25) is 0 Å². The van der Waals surface area contributed by atoms with Crippen molar-refractivity contribution in [2.45, 2.75) is 112 Å². The van der Waals surface area contributed by atoms with Crippen LogP contribution in [0.15, 0.2) is 83.1 Å². The van der Waals surface area contributed by atoms with Gasteiger partial charge in [0.15, 0.2) is 21.3 Å². The van der Waals surface area contributed by atoms with E-state index in [0.29, 0.717) is 30.3 Å². The van der Waals surface area contributed by atoms with Crippen LogP contribution < -0.4 is 9.86 Å². The molecule has 0 spiro atoms. The third kappa shape index (κ3) is 11.9. The highest BCUT2D eigenvalue weighted by Gasteiger charge is 2.46. The molecule has 0 bridgehead atoms. The molecule has 4 aliphatic rings. The quantitative estimate of drug-likeness (QED) is 0.108. The number of aromatic nitrogens is 6. The summed E-state index contributed by atoms with van der Waals surface area (Å²) in [7, 11) is -4.95. The molecule has 2 aliphatic carbocycles. The number of rotatable bonds is 15. The fourth-order valence-electron chi connectivity index (χ4n) is 10.1. The number of carbonyl (C=O) groups is 2. The number of methoxy groups -OCH3 is 2. The van der Waals surface area contributed by atoms with Crippen LogP contribution in [0.1, 0.15) is 109 Å². The summed E-state index contributed by atoms with van der Waals surface area (Å²) in [6, 6.07) is 22.0. The average Bonchev–Trinajstić information content (AvgIpc) is 4.22. The third-order valence-corrected chi connectivity index (χ3v) is 16.3. The minimum Gasteiger partial charge on any atom is -0.374 e. The smallest absolute Gasteiger partial charge is 0.283 e. The zero-order chi connectivity index (χ0) is 55.5. The summed E-state index contributed by atoms with van der Waals surface area (Å²) in [5, 5.41) is 31.0. The first-order valence-electron chi connectivity index (χ1n) is 24.9. The Balaban J connectivity index is 0.000000169. The predicted molar refractivity (Wildman–Crippen MR) is 282 cm³/mol. The molecular weight excluding hydrogens is 1050 g/mol. The number of aryl methyl sites for hydroxylation is 2. The van der Waals surface area contributed by atoms with Crippen LogP contribution in [-0.4, -0.2) is 98.2 Å². The highest BCUT2D eigenvalue weighted by Crippen LogP contribution is 2.39. The molecule has 10 rings (SSSR count). The van der Waals surface area contributed by atoms with E-state index in [1.807, 2.05) is 64.1 Å². The Labute approximate surface area is 452 Å². The van der Waals surface area contributed by atoms with Crippen LogP contribution in [0.25, 0.3) is 22.3 Å². The third-order valence-electron chi connectivity index (χ3n) is 14.1. The Kier molecular flexibility index (Phi) is 16.9. The van der Waals surface area contributed by atoms with Crippen molar-refractivity contribution in [1.29, 1.82) is 10.5 Å². The first-order valence-corrected chi connectivity index (χ1v) is 28.3. The molecule has 2 aliphatic heterocycles. The molecule has 3 N–H and O–H groups in total. The fraction of sp³-hybridized carbons (Fsp3) is 0.407. The number of nitriles is 2. The van der Waals surface area contributed by atoms with Crippen molar-refractivity contribution in [2.75, 3.05) is 40.6 Å². The summed E-state index contributed by atoms with van der Waals surface area (Å²) in [6.45, 7) is 8.94. The molecule has 2 saturated heterocycles. The molecule has 404 valence electrons. The van der Waals surface area contributed by atoms with Crippen molar-refractivity contribution < 1.29 is 45.4 Å². The first-order chi connectivity index (χ1) is 36.7. The molecule has 20 nitrogen and oxygen atoms in total. The van der Waals surface area contributed by atoms with Gasteiger partial charge in [-0.05, 0) is 158 Å². The SMILES string of the molecule is COC1(c2cc(S(=O)(=O)NC(=O)Cc3c(-c4ccnc(C#N)c4)ccc4c3CCC4)nn2C(C)C)COC1.COC1(c2cc(S(N)(=O)=O)nn2C(C)C)COC1.N#Cc1cc(-c2ccc3c(c2CC(=O)Cl)CCC3)ccn1. The van der Waals surface area contributed by atoms with Crippen LogP contribution in [0.3, 0.4) is 0 Å². The summed E-state index contributed by atoms with van der Waals surface area (Å²) >= 11 is 5.63. The molecule has 2 fully saturated rings. The Bertz CT molecular complexity index is 3550. The van der Waals surface area contributed by atoms with Crippen molar-refractivity contribution in [1.82, 2.24) is 34.3 Å². The lowest BCUT2D eigenvalue weighted by atomic mass is 9.91. The van der Waals surface area contributed by atoms with Gasteiger partial charge >= 0.3 is 0 Å². The van der Waals surface area contributed by atoms with Crippen molar-refractivity contribution in [3.63, 3.8) is 0 Å². The summed E-state index contributed by atoms with van der Waals surface area (Å²) in [6.07, 6.45) is 9.09. The summed E-state index contributed by atoms with van der Waals surface area (Å²) in [5.74, 6) is -0.657. The van der Waals surface area contributed by atoms with Crippen molar-refractivity contribution in [3.05, 3.63) is 129 Å². The van der Waals surface area contributed by atoms with Gasteiger partial charge in [-0.15, -0.1) is 0 Å². The van der Waals surface area contributed by atoms with E-state index in [1.54, 1.807) is 54.2 Å².